The number of methoxy groups -OCH3 is 1. The molecule has 1 atom stereocenters. The van der Waals surface area contributed by atoms with E-state index in [2.05, 4.69) is 16.4 Å². The number of sulfone groups is 1. The second-order valence-corrected chi connectivity index (χ2v) is 12.9. The van der Waals surface area contributed by atoms with E-state index in [0.717, 1.165) is 64.2 Å². The molecular formula is C23H27ClN2O3S2. The predicted molar refractivity (Wildman–Crippen MR) is 128 cm³/mol. The van der Waals surface area contributed by atoms with Crippen molar-refractivity contribution in [1.29, 1.82) is 0 Å². The molecule has 8 heteroatoms. The Hall–Kier alpha value is -1.54. The lowest BCUT2D eigenvalue weighted by Crippen LogP contribution is -2.63. The summed E-state index contributed by atoms with van der Waals surface area (Å²) in [6.07, 6.45) is 4.64. The Morgan fingerprint density at radius 3 is 2.65 bits per heavy atom. The van der Waals surface area contributed by atoms with Crippen molar-refractivity contribution in [3.05, 3.63) is 40.2 Å². The first kappa shape index (κ1) is 21.3. The second-order valence-electron chi connectivity index (χ2n) is 9.08. The maximum atomic E-state index is 13.4. The van der Waals surface area contributed by atoms with Gasteiger partial charge in [-0.3, -0.25) is 0 Å². The van der Waals surface area contributed by atoms with Gasteiger partial charge in [0.05, 0.1) is 44.3 Å². The van der Waals surface area contributed by atoms with Gasteiger partial charge in [-0.2, -0.15) is 0 Å². The number of aromatic amines is 1. The average molecular weight is 479 g/mol. The normalized spacial score (nSPS) is 25.1. The summed E-state index contributed by atoms with van der Waals surface area (Å²) in [7, 11) is -1.59. The maximum absolute atomic E-state index is 13.4. The van der Waals surface area contributed by atoms with Gasteiger partial charge in [-0.25, -0.2) is 8.42 Å². The van der Waals surface area contributed by atoms with Crippen LogP contribution in [0.2, 0.25) is 5.02 Å². The molecule has 1 spiro atoms. The van der Waals surface area contributed by atoms with Crippen molar-refractivity contribution < 1.29 is 13.2 Å². The van der Waals surface area contributed by atoms with Crippen molar-refractivity contribution in [3.8, 4) is 16.3 Å². The minimum atomic E-state index is -3.24. The van der Waals surface area contributed by atoms with Crippen LogP contribution in [0.5, 0.6) is 5.75 Å². The molecule has 1 aliphatic carbocycles. The highest BCUT2D eigenvalue weighted by molar-refractivity contribution is 7.93. The number of aromatic nitrogens is 1. The van der Waals surface area contributed by atoms with Crippen LogP contribution in [-0.4, -0.2) is 37.6 Å². The van der Waals surface area contributed by atoms with Gasteiger partial charge in [-0.15, -0.1) is 11.3 Å². The smallest absolute Gasteiger partial charge is 0.159 e. The number of hydrogen-bond donors (Lipinski definition) is 2. The van der Waals surface area contributed by atoms with E-state index < -0.39 is 20.1 Å². The van der Waals surface area contributed by atoms with E-state index in [9.17, 15) is 8.42 Å². The van der Waals surface area contributed by atoms with Crippen LogP contribution in [0, 0.1) is 0 Å². The molecule has 3 aromatic rings. The lowest BCUT2D eigenvalue weighted by molar-refractivity contribution is 0.287. The van der Waals surface area contributed by atoms with Gasteiger partial charge in [-0.05, 0) is 38.0 Å². The largest absolute Gasteiger partial charge is 0.495 e. The fourth-order valence-electron chi connectivity index (χ4n) is 5.19. The van der Waals surface area contributed by atoms with E-state index in [1.54, 1.807) is 18.4 Å². The monoisotopic (exact) mass is 478 g/mol. The minimum absolute atomic E-state index is 0.0835. The van der Waals surface area contributed by atoms with E-state index >= 15 is 0 Å². The van der Waals surface area contributed by atoms with Crippen LogP contribution in [0.25, 0.3) is 21.5 Å². The standard InChI is InChI=1S/C23H27ClN2O3S2/c1-22(14-31(27,28)23(13-25-22)9-4-3-5-10-23)21-16(24)12-19(30-21)17-11-15-7-6-8-18(29-2)20(15)26-17/h6-8,11-12,25-26H,3-5,9-10,13-14H2,1-2H3. The average Bonchev–Trinajstić information content (AvgIpc) is 3.35. The van der Waals surface area contributed by atoms with Gasteiger partial charge in [-0.1, -0.05) is 43.0 Å². The van der Waals surface area contributed by atoms with Crippen LogP contribution >= 0.6 is 22.9 Å². The highest BCUT2D eigenvalue weighted by Gasteiger charge is 2.53. The van der Waals surface area contributed by atoms with Crippen LogP contribution in [0.15, 0.2) is 30.3 Å². The van der Waals surface area contributed by atoms with E-state index in [4.69, 9.17) is 16.3 Å². The third-order valence-electron chi connectivity index (χ3n) is 7.00. The lowest BCUT2D eigenvalue weighted by Gasteiger charge is -2.46. The molecule has 2 aliphatic rings. The van der Waals surface area contributed by atoms with Crippen molar-refractivity contribution in [2.45, 2.75) is 49.3 Å². The molecule has 0 radical (unpaired) electrons. The number of nitrogens with one attached hydrogen (secondary N) is 2. The number of benzene rings is 1. The van der Waals surface area contributed by atoms with Crippen LogP contribution in [0.4, 0.5) is 0 Å². The highest BCUT2D eigenvalue weighted by Crippen LogP contribution is 2.46. The molecule has 1 unspecified atom stereocenters. The lowest BCUT2D eigenvalue weighted by atomic mass is 9.87. The summed E-state index contributed by atoms with van der Waals surface area (Å²) in [5, 5.41) is 5.26. The molecule has 3 heterocycles. The Morgan fingerprint density at radius 2 is 1.94 bits per heavy atom. The van der Waals surface area contributed by atoms with Gasteiger partial charge in [0, 0.05) is 16.8 Å². The van der Waals surface area contributed by atoms with E-state index in [0.29, 0.717) is 11.6 Å². The van der Waals surface area contributed by atoms with E-state index in [1.165, 1.54) is 0 Å². The van der Waals surface area contributed by atoms with Gasteiger partial charge >= 0.3 is 0 Å². The third-order valence-corrected chi connectivity index (χ3v) is 11.7. The number of hydrogen-bond acceptors (Lipinski definition) is 5. The zero-order valence-electron chi connectivity index (χ0n) is 17.8. The Bertz CT molecular complexity index is 1240. The van der Waals surface area contributed by atoms with Crippen molar-refractivity contribution in [2.24, 2.45) is 0 Å². The Kier molecular flexibility index (Phi) is 5.16. The van der Waals surface area contributed by atoms with Crippen molar-refractivity contribution in [1.82, 2.24) is 10.3 Å². The molecular weight excluding hydrogens is 452 g/mol. The predicted octanol–water partition coefficient (Wildman–Crippen LogP) is 5.49. The first-order valence-corrected chi connectivity index (χ1v) is 13.5. The Labute approximate surface area is 192 Å². The zero-order valence-corrected chi connectivity index (χ0v) is 20.1. The van der Waals surface area contributed by atoms with Gasteiger partial charge in [0.2, 0.25) is 0 Å². The van der Waals surface area contributed by atoms with Crippen LogP contribution in [0.3, 0.4) is 0 Å². The quantitative estimate of drug-likeness (QED) is 0.521. The minimum Gasteiger partial charge on any atom is -0.495 e. The summed E-state index contributed by atoms with van der Waals surface area (Å²) in [6.45, 7) is 2.47. The highest BCUT2D eigenvalue weighted by atomic mass is 35.5. The van der Waals surface area contributed by atoms with Gasteiger partial charge in [0.25, 0.3) is 0 Å². The first-order chi connectivity index (χ1) is 14.8. The van der Waals surface area contributed by atoms with E-state index in [-0.39, 0.29) is 5.75 Å². The molecule has 2 N–H and O–H groups in total. The SMILES string of the molecule is COc1cccc2cc(-c3cc(Cl)c(C4(C)CS(=O)(=O)C5(CCCCC5)CN4)s3)[nH]c12. The van der Waals surface area contributed by atoms with Crippen molar-refractivity contribution >= 4 is 43.7 Å². The number of H-pyrrole nitrogens is 1. The van der Waals surface area contributed by atoms with Crippen molar-refractivity contribution in [3.63, 3.8) is 0 Å². The van der Waals surface area contributed by atoms with E-state index in [1.807, 2.05) is 31.2 Å². The molecule has 2 aromatic heterocycles. The third kappa shape index (κ3) is 3.41. The zero-order chi connectivity index (χ0) is 21.9. The summed E-state index contributed by atoms with van der Waals surface area (Å²) in [6, 6.07) is 9.94. The molecule has 0 bridgehead atoms. The summed E-state index contributed by atoms with van der Waals surface area (Å²) in [5.41, 5.74) is 1.20. The van der Waals surface area contributed by atoms with Crippen LogP contribution in [0.1, 0.15) is 43.9 Å². The number of ether oxygens (including phenoxy) is 1. The maximum Gasteiger partial charge on any atom is 0.159 e. The number of para-hydroxylation sites is 1. The molecule has 31 heavy (non-hydrogen) atoms. The van der Waals surface area contributed by atoms with Gasteiger partial charge in [0.15, 0.2) is 9.84 Å². The number of fused-ring (bicyclic) bond motifs is 1. The molecule has 1 aromatic carbocycles. The summed E-state index contributed by atoms with van der Waals surface area (Å²) in [5.74, 6) is 0.872. The van der Waals surface area contributed by atoms with Gasteiger partial charge < -0.3 is 15.0 Å². The fraction of sp³-hybridized carbons (Fsp3) is 0.478. The Balaban J connectivity index is 1.50. The van der Waals surface area contributed by atoms with Crippen LogP contribution < -0.4 is 10.1 Å². The summed E-state index contributed by atoms with van der Waals surface area (Å²) in [4.78, 5) is 5.30. The molecule has 1 saturated heterocycles. The summed E-state index contributed by atoms with van der Waals surface area (Å²) >= 11 is 8.23. The molecule has 1 saturated carbocycles. The topological polar surface area (TPSA) is 71.2 Å². The molecule has 0 amide bonds. The number of rotatable bonds is 3. The van der Waals surface area contributed by atoms with Crippen molar-refractivity contribution in [2.75, 3.05) is 19.4 Å². The molecule has 1 aliphatic heterocycles. The van der Waals surface area contributed by atoms with Crippen LogP contribution in [-0.2, 0) is 15.4 Å². The number of halogens is 1. The fourth-order valence-corrected chi connectivity index (χ4v) is 9.44. The number of thiophene rings is 1. The molecule has 5 nitrogen and oxygen atoms in total. The second kappa shape index (κ2) is 7.51. The molecule has 5 rings (SSSR count). The van der Waals surface area contributed by atoms with Gasteiger partial charge in [0.1, 0.15) is 5.75 Å². The molecule has 2 fully saturated rings. The first-order valence-electron chi connectivity index (χ1n) is 10.7. The molecule has 166 valence electrons. The summed E-state index contributed by atoms with van der Waals surface area (Å²) < 4.78 is 31.7. The Morgan fingerprint density at radius 1 is 1.16 bits per heavy atom.